The van der Waals surface area contributed by atoms with Crippen molar-refractivity contribution in [1.29, 1.82) is 0 Å². The molecule has 1 unspecified atom stereocenters. The molecule has 0 saturated carbocycles. The van der Waals surface area contributed by atoms with E-state index in [2.05, 4.69) is 10.6 Å². The van der Waals surface area contributed by atoms with Crippen molar-refractivity contribution in [2.24, 2.45) is 5.73 Å². The molecule has 1 aromatic rings. The van der Waals surface area contributed by atoms with Gasteiger partial charge >= 0.3 is 0 Å². The average molecular weight is 265 g/mol. The highest BCUT2D eigenvalue weighted by atomic mass is 16.3. The van der Waals surface area contributed by atoms with Crippen LogP contribution < -0.4 is 16.4 Å². The molecule has 1 atom stereocenters. The molecule has 6 nitrogen and oxygen atoms in total. The predicted octanol–water partition coefficient (Wildman–Crippen LogP) is -0.780. The van der Waals surface area contributed by atoms with Crippen molar-refractivity contribution in [1.82, 2.24) is 10.6 Å². The molecule has 0 heterocycles. The first-order chi connectivity index (χ1) is 9.02. The van der Waals surface area contributed by atoms with Crippen LogP contribution in [-0.4, -0.2) is 36.6 Å². The van der Waals surface area contributed by atoms with E-state index >= 15 is 0 Å². The van der Waals surface area contributed by atoms with E-state index in [1.54, 1.807) is 0 Å². The van der Waals surface area contributed by atoms with E-state index in [4.69, 9.17) is 5.73 Å². The predicted molar refractivity (Wildman–Crippen MR) is 71.2 cm³/mol. The number of carbonyl (C=O) groups excluding carboxylic acids is 2. The summed E-state index contributed by atoms with van der Waals surface area (Å²) >= 11 is 0. The van der Waals surface area contributed by atoms with Crippen LogP contribution in [0, 0.1) is 6.92 Å². The molecule has 0 fully saturated rings. The van der Waals surface area contributed by atoms with Crippen molar-refractivity contribution in [3.05, 3.63) is 35.4 Å². The summed E-state index contributed by atoms with van der Waals surface area (Å²) < 4.78 is 0. The quantitative estimate of drug-likeness (QED) is 0.541. The monoisotopic (exact) mass is 265 g/mol. The van der Waals surface area contributed by atoms with E-state index < -0.39 is 12.0 Å². The van der Waals surface area contributed by atoms with Gasteiger partial charge in [0.15, 0.2) is 0 Å². The van der Waals surface area contributed by atoms with Crippen molar-refractivity contribution in [2.75, 3.05) is 19.6 Å². The minimum atomic E-state index is -0.769. The van der Waals surface area contributed by atoms with Crippen LogP contribution in [0.1, 0.15) is 17.2 Å². The number of nitrogens with one attached hydrogen (secondary N) is 2. The highest BCUT2D eigenvalue weighted by Gasteiger charge is 2.09. The molecule has 1 aromatic carbocycles. The molecule has 0 aliphatic heterocycles. The van der Waals surface area contributed by atoms with Crippen LogP contribution in [0.5, 0.6) is 0 Å². The number of aliphatic hydroxyl groups excluding tert-OH is 1. The molecular formula is C13H19N3O3. The lowest BCUT2D eigenvalue weighted by molar-refractivity contribution is -0.125. The minimum absolute atomic E-state index is 0.0976. The zero-order chi connectivity index (χ0) is 14.3. The second-order valence-electron chi connectivity index (χ2n) is 4.21. The summed E-state index contributed by atoms with van der Waals surface area (Å²) in [6.45, 7) is 1.76. The normalized spacial score (nSPS) is 11.7. The van der Waals surface area contributed by atoms with Crippen LogP contribution in [0.4, 0.5) is 0 Å². The highest BCUT2D eigenvalue weighted by molar-refractivity contribution is 5.85. The standard InChI is InChI=1S/C13H19N3O3/c1-9-2-4-10(5-3-9)11(17)7-15-13(19)8-16-12(18)6-14/h2-5,11,17H,6-8,14H2,1H3,(H,15,19)(H,16,18). The Morgan fingerprint density at radius 2 is 1.84 bits per heavy atom. The van der Waals surface area contributed by atoms with Gasteiger partial charge in [0.05, 0.1) is 19.2 Å². The van der Waals surface area contributed by atoms with E-state index in [0.29, 0.717) is 0 Å². The van der Waals surface area contributed by atoms with Crippen LogP contribution >= 0.6 is 0 Å². The van der Waals surface area contributed by atoms with Gasteiger partial charge in [-0.15, -0.1) is 0 Å². The van der Waals surface area contributed by atoms with Gasteiger partial charge in [-0.25, -0.2) is 0 Å². The molecule has 104 valence electrons. The Kier molecular flexibility index (Phi) is 5.98. The lowest BCUT2D eigenvalue weighted by Crippen LogP contribution is -2.40. The van der Waals surface area contributed by atoms with Crippen molar-refractivity contribution >= 4 is 11.8 Å². The van der Waals surface area contributed by atoms with Crippen molar-refractivity contribution in [2.45, 2.75) is 13.0 Å². The van der Waals surface area contributed by atoms with Crippen LogP contribution in [0.15, 0.2) is 24.3 Å². The summed E-state index contributed by atoms with van der Waals surface area (Å²) in [5.41, 5.74) is 6.92. The minimum Gasteiger partial charge on any atom is -0.387 e. The van der Waals surface area contributed by atoms with E-state index in [9.17, 15) is 14.7 Å². The lowest BCUT2D eigenvalue weighted by Gasteiger charge is -2.12. The van der Waals surface area contributed by atoms with E-state index in [1.165, 1.54) is 0 Å². The number of amides is 2. The molecule has 0 spiro atoms. The Morgan fingerprint density at radius 3 is 2.42 bits per heavy atom. The molecule has 1 rings (SSSR count). The van der Waals surface area contributed by atoms with Gasteiger partial charge in [0.2, 0.25) is 11.8 Å². The Morgan fingerprint density at radius 1 is 1.21 bits per heavy atom. The number of aryl methyl sites for hydroxylation is 1. The molecule has 0 aliphatic carbocycles. The summed E-state index contributed by atoms with van der Waals surface area (Å²) in [5, 5.41) is 14.7. The fourth-order valence-electron chi connectivity index (χ4n) is 1.43. The van der Waals surface area contributed by atoms with Gasteiger partial charge in [0, 0.05) is 6.54 Å². The summed E-state index contributed by atoms with van der Waals surface area (Å²) in [7, 11) is 0. The fourth-order valence-corrected chi connectivity index (χ4v) is 1.43. The maximum absolute atomic E-state index is 11.4. The van der Waals surface area contributed by atoms with Gasteiger partial charge in [0.25, 0.3) is 0 Å². The first-order valence-corrected chi connectivity index (χ1v) is 6.01. The van der Waals surface area contributed by atoms with Crippen molar-refractivity contribution in [3.63, 3.8) is 0 Å². The molecule has 0 aliphatic rings. The summed E-state index contributed by atoms with van der Waals surface area (Å²) in [4.78, 5) is 22.2. The average Bonchev–Trinajstić information content (AvgIpc) is 2.42. The van der Waals surface area contributed by atoms with E-state index in [1.807, 2.05) is 31.2 Å². The second kappa shape index (κ2) is 7.50. The number of hydrogen-bond acceptors (Lipinski definition) is 4. The first kappa shape index (κ1) is 15.1. The zero-order valence-corrected chi connectivity index (χ0v) is 10.8. The summed E-state index contributed by atoms with van der Waals surface area (Å²) in [5.74, 6) is -0.762. The van der Waals surface area contributed by atoms with E-state index in [0.717, 1.165) is 11.1 Å². The first-order valence-electron chi connectivity index (χ1n) is 6.01. The zero-order valence-electron chi connectivity index (χ0n) is 10.8. The molecular weight excluding hydrogens is 246 g/mol. The topological polar surface area (TPSA) is 104 Å². The molecule has 0 saturated heterocycles. The Balaban J connectivity index is 2.33. The maximum Gasteiger partial charge on any atom is 0.239 e. The van der Waals surface area contributed by atoms with Crippen molar-refractivity contribution in [3.8, 4) is 0 Å². The Bertz CT molecular complexity index is 431. The molecule has 0 radical (unpaired) electrons. The SMILES string of the molecule is Cc1ccc(C(O)CNC(=O)CNC(=O)CN)cc1. The Labute approximate surface area is 112 Å². The number of nitrogens with two attached hydrogens (primary N) is 1. The fraction of sp³-hybridized carbons (Fsp3) is 0.385. The van der Waals surface area contributed by atoms with E-state index in [-0.39, 0.29) is 25.5 Å². The maximum atomic E-state index is 11.4. The number of benzene rings is 1. The Hall–Kier alpha value is -1.92. The number of rotatable bonds is 6. The van der Waals surface area contributed by atoms with Crippen LogP contribution in [0.3, 0.4) is 0 Å². The molecule has 5 N–H and O–H groups in total. The van der Waals surface area contributed by atoms with Gasteiger partial charge in [-0.05, 0) is 12.5 Å². The third kappa shape index (κ3) is 5.50. The number of aliphatic hydroxyl groups is 1. The molecule has 0 bridgehead atoms. The van der Waals surface area contributed by atoms with Gasteiger partial charge in [-0.3, -0.25) is 9.59 Å². The van der Waals surface area contributed by atoms with Gasteiger partial charge < -0.3 is 21.5 Å². The third-order valence-electron chi connectivity index (χ3n) is 2.59. The van der Waals surface area contributed by atoms with Gasteiger partial charge in [-0.2, -0.15) is 0 Å². The molecule has 0 aromatic heterocycles. The van der Waals surface area contributed by atoms with Gasteiger partial charge in [-0.1, -0.05) is 29.8 Å². The molecule has 6 heteroatoms. The van der Waals surface area contributed by atoms with Crippen LogP contribution in [0.2, 0.25) is 0 Å². The molecule has 2 amide bonds. The second-order valence-corrected chi connectivity index (χ2v) is 4.21. The van der Waals surface area contributed by atoms with Crippen molar-refractivity contribution < 1.29 is 14.7 Å². The molecule has 19 heavy (non-hydrogen) atoms. The number of hydrogen-bond donors (Lipinski definition) is 4. The van der Waals surface area contributed by atoms with Gasteiger partial charge in [0.1, 0.15) is 0 Å². The van der Waals surface area contributed by atoms with Crippen LogP contribution in [-0.2, 0) is 9.59 Å². The van der Waals surface area contributed by atoms with Crippen LogP contribution in [0.25, 0.3) is 0 Å². The smallest absolute Gasteiger partial charge is 0.239 e. The summed E-state index contributed by atoms with van der Waals surface area (Å²) in [6.07, 6.45) is -0.769. The highest BCUT2D eigenvalue weighted by Crippen LogP contribution is 2.12. The lowest BCUT2D eigenvalue weighted by atomic mass is 10.1. The number of carbonyl (C=O) groups is 2. The summed E-state index contributed by atoms with van der Waals surface area (Å²) in [6, 6.07) is 7.40. The third-order valence-corrected chi connectivity index (χ3v) is 2.59. The largest absolute Gasteiger partial charge is 0.387 e.